The summed E-state index contributed by atoms with van der Waals surface area (Å²) in [5.74, 6) is 2.29. The van der Waals surface area contributed by atoms with Crippen LogP contribution in [0.1, 0.15) is 13.8 Å². The van der Waals surface area contributed by atoms with Gasteiger partial charge < -0.3 is 29.6 Å². The van der Waals surface area contributed by atoms with Gasteiger partial charge in [0.05, 0.1) is 33.5 Å². The number of nitrogens with one attached hydrogen (secondary N) is 2. The molecule has 1 rings (SSSR count). The normalized spacial score (nSPS) is 12.1. The van der Waals surface area contributed by atoms with E-state index in [0.29, 0.717) is 32.9 Å². The molecular formula is C18H32IN3O4. The van der Waals surface area contributed by atoms with Gasteiger partial charge in [0, 0.05) is 26.3 Å². The van der Waals surface area contributed by atoms with Crippen LogP contribution < -0.4 is 20.1 Å². The maximum absolute atomic E-state index is 5.87. The molecule has 0 aliphatic carbocycles. The van der Waals surface area contributed by atoms with Crippen molar-refractivity contribution >= 4 is 29.9 Å². The van der Waals surface area contributed by atoms with Crippen LogP contribution in [-0.2, 0) is 9.47 Å². The topological polar surface area (TPSA) is 73.3 Å². The summed E-state index contributed by atoms with van der Waals surface area (Å²) in [6.07, 6.45) is -0.0551. The second kappa shape index (κ2) is 16.0. The first-order valence-corrected chi connectivity index (χ1v) is 8.59. The summed E-state index contributed by atoms with van der Waals surface area (Å²) >= 11 is 0. The maximum Gasteiger partial charge on any atom is 0.191 e. The van der Waals surface area contributed by atoms with Crippen molar-refractivity contribution in [1.29, 1.82) is 0 Å². The van der Waals surface area contributed by atoms with E-state index in [9.17, 15) is 0 Å². The zero-order valence-corrected chi connectivity index (χ0v) is 18.4. The summed E-state index contributed by atoms with van der Waals surface area (Å²) < 4.78 is 21.4. The van der Waals surface area contributed by atoms with Gasteiger partial charge in [0.15, 0.2) is 5.96 Å². The molecule has 0 saturated carbocycles. The molecule has 150 valence electrons. The zero-order chi connectivity index (χ0) is 18.3. The highest BCUT2D eigenvalue weighted by molar-refractivity contribution is 14.0. The number of benzene rings is 1. The average Bonchev–Trinajstić information content (AvgIpc) is 2.62. The maximum atomic E-state index is 5.87. The molecule has 1 aromatic rings. The van der Waals surface area contributed by atoms with Crippen molar-refractivity contribution in [1.82, 2.24) is 10.6 Å². The Hall–Kier alpha value is -1.26. The molecular weight excluding hydrogens is 449 g/mol. The third-order valence-corrected chi connectivity index (χ3v) is 3.20. The quantitative estimate of drug-likeness (QED) is 0.207. The minimum absolute atomic E-state index is 0. The monoisotopic (exact) mass is 481 g/mol. The van der Waals surface area contributed by atoms with Crippen LogP contribution in [0.5, 0.6) is 11.5 Å². The van der Waals surface area contributed by atoms with E-state index >= 15 is 0 Å². The van der Waals surface area contributed by atoms with Gasteiger partial charge in [-0.3, -0.25) is 0 Å². The largest absolute Gasteiger partial charge is 0.497 e. The van der Waals surface area contributed by atoms with E-state index in [1.807, 2.05) is 38.1 Å². The molecule has 0 aliphatic heterocycles. The second-order valence-corrected chi connectivity index (χ2v) is 5.36. The van der Waals surface area contributed by atoms with E-state index in [0.717, 1.165) is 24.0 Å². The van der Waals surface area contributed by atoms with Crippen LogP contribution in [0.15, 0.2) is 29.3 Å². The van der Waals surface area contributed by atoms with E-state index in [1.165, 1.54) is 0 Å². The molecule has 0 bridgehead atoms. The molecule has 0 saturated heterocycles. The summed E-state index contributed by atoms with van der Waals surface area (Å²) in [6.45, 7) is 7.83. The van der Waals surface area contributed by atoms with Gasteiger partial charge in [-0.05, 0) is 26.0 Å². The Balaban J connectivity index is 0.00000625. The van der Waals surface area contributed by atoms with Gasteiger partial charge in [-0.1, -0.05) is 6.07 Å². The highest BCUT2D eigenvalue weighted by atomic mass is 127. The number of guanidine groups is 1. The predicted molar refractivity (Wildman–Crippen MR) is 115 cm³/mol. The number of hydrogen-bond donors (Lipinski definition) is 2. The van der Waals surface area contributed by atoms with E-state index in [4.69, 9.17) is 18.9 Å². The lowest BCUT2D eigenvalue weighted by Gasteiger charge is -2.15. The van der Waals surface area contributed by atoms with Gasteiger partial charge >= 0.3 is 0 Å². The lowest BCUT2D eigenvalue weighted by atomic mass is 10.3. The highest BCUT2D eigenvalue weighted by Crippen LogP contribution is 2.19. The van der Waals surface area contributed by atoms with Crippen LogP contribution >= 0.6 is 24.0 Å². The molecule has 0 heterocycles. The van der Waals surface area contributed by atoms with Gasteiger partial charge in [-0.2, -0.15) is 0 Å². The Morgan fingerprint density at radius 1 is 1.12 bits per heavy atom. The van der Waals surface area contributed by atoms with E-state index in [-0.39, 0.29) is 30.1 Å². The average molecular weight is 481 g/mol. The third kappa shape index (κ3) is 11.4. The van der Waals surface area contributed by atoms with Crippen molar-refractivity contribution in [3.05, 3.63) is 24.3 Å². The molecule has 26 heavy (non-hydrogen) atoms. The lowest BCUT2D eigenvalue weighted by Crippen LogP contribution is -2.39. The summed E-state index contributed by atoms with van der Waals surface area (Å²) in [5.41, 5.74) is 0. The molecule has 0 spiro atoms. The molecule has 7 nitrogen and oxygen atoms in total. The number of methoxy groups -OCH3 is 2. The number of nitrogens with zero attached hydrogens (tertiary/aromatic N) is 1. The first-order chi connectivity index (χ1) is 12.2. The van der Waals surface area contributed by atoms with Crippen LogP contribution in [-0.4, -0.2) is 65.7 Å². The van der Waals surface area contributed by atoms with Crippen LogP contribution in [0, 0.1) is 0 Å². The standard InChI is InChI=1S/C18H31N3O4.HI/c1-5-19-18(20-9-10-24-12-11-22-3)21-14-15(2)25-17-8-6-7-16(13-17)23-4;/h6-8,13,15H,5,9-12,14H2,1-4H3,(H2,19,20,21);1H. The van der Waals surface area contributed by atoms with Gasteiger partial charge in [-0.15, -0.1) is 24.0 Å². The Bertz CT molecular complexity index is 503. The minimum Gasteiger partial charge on any atom is -0.497 e. The fraction of sp³-hybridized carbons (Fsp3) is 0.611. The summed E-state index contributed by atoms with van der Waals surface area (Å²) in [4.78, 5) is 4.54. The van der Waals surface area contributed by atoms with Gasteiger partial charge in [0.25, 0.3) is 0 Å². The third-order valence-electron chi connectivity index (χ3n) is 3.20. The lowest BCUT2D eigenvalue weighted by molar-refractivity contribution is 0.0733. The molecule has 1 unspecified atom stereocenters. The highest BCUT2D eigenvalue weighted by Gasteiger charge is 2.05. The Morgan fingerprint density at radius 3 is 2.58 bits per heavy atom. The molecule has 0 aromatic heterocycles. The van der Waals surface area contributed by atoms with Crippen LogP contribution in [0.25, 0.3) is 0 Å². The summed E-state index contributed by atoms with van der Waals surface area (Å²) in [5, 5.41) is 6.44. The summed E-state index contributed by atoms with van der Waals surface area (Å²) in [7, 11) is 3.30. The van der Waals surface area contributed by atoms with Gasteiger partial charge in [0.1, 0.15) is 17.6 Å². The van der Waals surface area contributed by atoms with E-state index in [1.54, 1.807) is 14.2 Å². The van der Waals surface area contributed by atoms with Gasteiger partial charge in [-0.25, -0.2) is 4.99 Å². The number of rotatable bonds is 12. The van der Waals surface area contributed by atoms with Crippen molar-refractivity contribution in [3.63, 3.8) is 0 Å². The van der Waals surface area contributed by atoms with E-state index in [2.05, 4.69) is 15.6 Å². The van der Waals surface area contributed by atoms with Crippen molar-refractivity contribution in [3.8, 4) is 11.5 Å². The fourth-order valence-electron chi connectivity index (χ4n) is 1.99. The number of halogens is 1. The Morgan fingerprint density at radius 2 is 1.88 bits per heavy atom. The Labute approximate surface area is 173 Å². The van der Waals surface area contributed by atoms with E-state index < -0.39 is 0 Å². The first kappa shape index (κ1) is 24.7. The molecule has 2 N–H and O–H groups in total. The molecule has 1 atom stereocenters. The minimum atomic E-state index is -0.0551. The molecule has 0 aliphatic rings. The smallest absolute Gasteiger partial charge is 0.191 e. The Kier molecular flexibility index (Phi) is 15.2. The van der Waals surface area contributed by atoms with Crippen LogP contribution in [0.3, 0.4) is 0 Å². The summed E-state index contributed by atoms with van der Waals surface area (Å²) in [6, 6.07) is 7.56. The molecule has 0 fully saturated rings. The molecule has 0 radical (unpaired) electrons. The van der Waals surface area contributed by atoms with Crippen LogP contribution in [0.4, 0.5) is 0 Å². The first-order valence-electron chi connectivity index (χ1n) is 8.59. The molecule has 1 aromatic carbocycles. The zero-order valence-electron chi connectivity index (χ0n) is 16.1. The van der Waals surface area contributed by atoms with Crippen molar-refractivity contribution in [2.24, 2.45) is 4.99 Å². The fourth-order valence-corrected chi connectivity index (χ4v) is 1.99. The second-order valence-electron chi connectivity index (χ2n) is 5.36. The van der Waals surface area contributed by atoms with Gasteiger partial charge in [0.2, 0.25) is 0 Å². The van der Waals surface area contributed by atoms with Crippen molar-refractivity contribution in [2.45, 2.75) is 20.0 Å². The van der Waals surface area contributed by atoms with Crippen LogP contribution in [0.2, 0.25) is 0 Å². The molecule has 0 amide bonds. The molecule has 8 heteroatoms. The SMILES string of the molecule is CCNC(=NCC(C)Oc1cccc(OC)c1)NCCOCCOC.I. The number of aliphatic imine (C=N–C) groups is 1. The predicted octanol–water partition coefficient (Wildman–Crippen LogP) is 2.30. The number of hydrogen-bond acceptors (Lipinski definition) is 5. The number of ether oxygens (including phenoxy) is 4. The van der Waals surface area contributed by atoms with Crippen molar-refractivity contribution < 1.29 is 18.9 Å². The van der Waals surface area contributed by atoms with Crippen molar-refractivity contribution in [2.75, 3.05) is 53.7 Å².